The molecule has 0 unspecified atom stereocenters. The molecule has 2 heterocycles. The van der Waals surface area contributed by atoms with Gasteiger partial charge in [0.05, 0.1) is 16.7 Å². The van der Waals surface area contributed by atoms with Crippen LogP contribution in [0.4, 0.5) is 0 Å². The number of hydrogen-bond acceptors (Lipinski definition) is 5. The van der Waals surface area contributed by atoms with E-state index in [0.29, 0.717) is 27.5 Å². The second kappa shape index (κ2) is 7.15. The molecule has 0 bridgehead atoms. The number of nitrogens with one attached hydrogen (secondary N) is 2. The quantitative estimate of drug-likeness (QED) is 0.878. The fraction of sp³-hybridized carbons (Fsp3) is 0.308. The van der Waals surface area contributed by atoms with Gasteiger partial charge < -0.3 is 10.3 Å². The van der Waals surface area contributed by atoms with E-state index in [-0.39, 0.29) is 18.0 Å². The van der Waals surface area contributed by atoms with E-state index in [4.69, 9.17) is 11.6 Å². The summed E-state index contributed by atoms with van der Waals surface area (Å²) in [7, 11) is 0. The number of nitrogens with zero attached hydrogens (tertiary/aromatic N) is 2. The molecule has 21 heavy (non-hydrogen) atoms. The zero-order valence-electron chi connectivity index (χ0n) is 11.1. The van der Waals surface area contributed by atoms with Gasteiger partial charge in [-0.3, -0.25) is 9.79 Å². The predicted molar refractivity (Wildman–Crippen MR) is 90.8 cm³/mol. The summed E-state index contributed by atoms with van der Waals surface area (Å²) in [5.41, 5.74) is 0.483. The van der Waals surface area contributed by atoms with Crippen LogP contribution in [0.25, 0.3) is 10.9 Å². The average Bonchev–Trinajstić information content (AvgIpc) is 2.46. The van der Waals surface area contributed by atoms with E-state index in [0.717, 1.165) is 24.7 Å². The molecule has 0 saturated heterocycles. The number of amidine groups is 1. The number of aromatic amines is 1. The Morgan fingerprint density at radius 3 is 3.00 bits per heavy atom. The van der Waals surface area contributed by atoms with Gasteiger partial charge in [0, 0.05) is 18.1 Å². The van der Waals surface area contributed by atoms with Gasteiger partial charge in [-0.25, -0.2) is 4.98 Å². The lowest BCUT2D eigenvalue weighted by atomic mass is 10.2. The highest BCUT2D eigenvalue weighted by molar-refractivity contribution is 8.13. The smallest absolute Gasteiger partial charge is 0.258 e. The molecule has 2 N–H and O–H groups in total. The van der Waals surface area contributed by atoms with Gasteiger partial charge in [0.25, 0.3) is 5.56 Å². The number of fused-ring (bicyclic) bond motifs is 1. The van der Waals surface area contributed by atoms with Crippen molar-refractivity contribution in [2.75, 3.05) is 13.1 Å². The SMILES string of the molecule is Cl.O=c1[nH]c(CSC2=NCCCN2)nc2cc(Cl)ccc12. The van der Waals surface area contributed by atoms with Crippen molar-refractivity contribution in [1.29, 1.82) is 0 Å². The number of H-pyrrole nitrogens is 1. The number of hydrogen-bond donors (Lipinski definition) is 2. The molecule has 1 aromatic carbocycles. The Morgan fingerprint density at radius 1 is 1.38 bits per heavy atom. The van der Waals surface area contributed by atoms with Crippen molar-refractivity contribution in [3.8, 4) is 0 Å². The number of rotatable bonds is 2. The molecule has 0 fully saturated rings. The highest BCUT2D eigenvalue weighted by Gasteiger charge is 2.08. The molecule has 0 spiro atoms. The van der Waals surface area contributed by atoms with E-state index in [2.05, 4.69) is 20.3 Å². The van der Waals surface area contributed by atoms with E-state index in [1.165, 1.54) is 0 Å². The standard InChI is InChI=1S/C13H13ClN4OS.ClH/c14-8-2-3-9-10(6-8)17-11(18-12(9)19)7-20-13-15-4-1-5-16-13;/h2-3,6H,1,4-5,7H2,(H,15,16)(H,17,18,19);1H. The van der Waals surface area contributed by atoms with Gasteiger partial charge in [0.1, 0.15) is 5.82 Å². The first kappa shape index (κ1) is 16.1. The minimum atomic E-state index is -0.138. The van der Waals surface area contributed by atoms with Gasteiger partial charge in [0.15, 0.2) is 5.17 Å². The maximum absolute atomic E-state index is 12.0. The van der Waals surface area contributed by atoms with E-state index in [1.54, 1.807) is 30.0 Å². The van der Waals surface area contributed by atoms with E-state index >= 15 is 0 Å². The molecule has 1 aliphatic rings. The number of halogens is 2. The molecule has 112 valence electrons. The third-order valence-corrected chi connectivity index (χ3v) is 4.13. The molecule has 5 nitrogen and oxygen atoms in total. The van der Waals surface area contributed by atoms with Gasteiger partial charge in [-0.05, 0) is 24.6 Å². The molecule has 0 amide bonds. The average molecular weight is 345 g/mol. The van der Waals surface area contributed by atoms with Gasteiger partial charge >= 0.3 is 0 Å². The minimum absolute atomic E-state index is 0. The van der Waals surface area contributed by atoms with E-state index in [9.17, 15) is 4.79 Å². The van der Waals surface area contributed by atoms with Crippen LogP contribution in [0.2, 0.25) is 5.02 Å². The summed E-state index contributed by atoms with van der Waals surface area (Å²) in [4.78, 5) is 23.6. The van der Waals surface area contributed by atoms with Crippen molar-refractivity contribution in [3.63, 3.8) is 0 Å². The van der Waals surface area contributed by atoms with Crippen LogP contribution >= 0.6 is 35.8 Å². The number of benzene rings is 1. The molecule has 3 rings (SSSR count). The van der Waals surface area contributed by atoms with E-state index in [1.807, 2.05) is 0 Å². The topological polar surface area (TPSA) is 70.1 Å². The lowest BCUT2D eigenvalue weighted by molar-refractivity contribution is 0.751. The molecule has 0 aliphatic carbocycles. The lowest BCUT2D eigenvalue weighted by Crippen LogP contribution is -2.27. The van der Waals surface area contributed by atoms with Crippen molar-refractivity contribution < 1.29 is 0 Å². The summed E-state index contributed by atoms with van der Waals surface area (Å²) in [5, 5.41) is 5.26. The Morgan fingerprint density at radius 2 is 2.24 bits per heavy atom. The van der Waals surface area contributed by atoms with Crippen LogP contribution in [0.5, 0.6) is 0 Å². The fourth-order valence-corrected chi connectivity index (χ4v) is 2.94. The molecule has 1 aliphatic heterocycles. The summed E-state index contributed by atoms with van der Waals surface area (Å²) < 4.78 is 0. The van der Waals surface area contributed by atoms with E-state index < -0.39 is 0 Å². The summed E-state index contributed by atoms with van der Waals surface area (Å²) in [6.45, 7) is 1.80. The normalized spacial score (nSPS) is 14.2. The predicted octanol–water partition coefficient (Wildman–Crippen LogP) is 2.58. The second-order valence-electron chi connectivity index (χ2n) is 4.43. The number of thioether (sulfide) groups is 1. The van der Waals surface area contributed by atoms with Gasteiger partial charge in [0.2, 0.25) is 0 Å². The van der Waals surface area contributed by atoms with Crippen molar-refractivity contribution in [2.45, 2.75) is 12.2 Å². The Balaban J connectivity index is 0.00000161. The van der Waals surface area contributed by atoms with Gasteiger partial charge in [-0.15, -0.1) is 12.4 Å². The van der Waals surface area contributed by atoms with Crippen LogP contribution in [-0.4, -0.2) is 28.2 Å². The minimum Gasteiger partial charge on any atom is -0.365 e. The molecule has 8 heteroatoms. The highest BCUT2D eigenvalue weighted by atomic mass is 35.5. The monoisotopic (exact) mass is 344 g/mol. The molecule has 2 aromatic rings. The zero-order valence-corrected chi connectivity index (χ0v) is 13.4. The maximum atomic E-state index is 12.0. The molecular formula is C13H14Cl2N4OS. The van der Waals surface area contributed by atoms with Crippen LogP contribution < -0.4 is 10.9 Å². The third-order valence-electron chi connectivity index (χ3n) is 2.93. The molecule has 1 aromatic heterocycles. The van der Waals surface area contributed by atoms with Gasteiger partial charge in [-0.1, -0.05) is 23.4 Å². The Bertz CT molecular complexity index is 732. The first-order valence-electron chi connectivity index (χ1n) is 6.32. The van der Waals surface area contributed by atoms with Crippen LogP contribution in [0.3, 0.4) is 0 Å². The van der Waals surface area contributed by atoms with Crippen molar-refractivity contribution in [2.24, 2.45) is 4.99 Å². The number of aliphatic imine (C=N–C) groups is 1. The van der Waals surface area contributed by atoms with Crippen LogP contribution in [0.1, 0.15) is 12.2 Å². The lowest BCUT2D eigenvalue weighted by Gasteiger charge is -2.13. The van der Waals surface area contributed by atoms with Crippen molar-refractivity contribution in [1.82, 2.24) is 15.3 Å². The second-order valence-corrected chi connectivity index (χ2v) is 5.83. The molecular weight excluding hydrogens is 331 g/mol. The third kappa shape index (κ3) is 3.90. The zero-order chi connectivity index (χ0) is 13.9. The summed E-state index contributed by atoms with van der Waals surface area (Å²) in [5.74, 6) is 1.20. The first-order valence-corrected chi connectivity index (χ1v) is 7.68. The Hall–Kier alpha value is -1.24. The van der Waals surface area contributed by atoms with Crippen molar-refractivity contribution in [3.05, 3.63) is 39.4 Å². The summed E-state index contributed by atoms with van der Waals surface area (Å²) >= 11 is 7.48. The molecule has 0 radical (unpaired) electrons. The van der Waals surface area contributed by atoms with Crippen LogP contribution in [0.15, 0.2) is 28.0 Å². The van der Waals surface area contributed by atoms with Crippen molar-refractivity contribution >= 4 is 51.8 Å². The first-order chi connectivity index (χ1) is 9.72. The molecule has 0 atom stereocenters. The summed E-state index contributed by atoms with van der Waals surface area (Å²) in [6.07, 6.45) is 1.06. The fourth-order valence-electron chi connectivity index (χ4n) is 1.97. The van der Waals surface area contributed by atoms with Crippen LogP contribution in [0, 0.1) is 0 Å². The van der Waals surface area contributed by atoms with Gasteiger partial charge in [-0.2, -0.15) is 0 Å². The number of aromatic nitrogens is 2. The summed E-state index contributed by atoms with van der Waals surface area (Å²) in [6, 6.07) is 5.08. The largest absolute Gasteiger partial charge is 0.365 e. The Kier molecular flexibility index (Phi) is 5.50. The molecule has 0 saturated carbocycles. The Labute approximate surface area is 137 Å². The van der Waals surface area contributed by atoms with Crippen LogP contribution in [-0.2, 0) is 5.75 Å². The maximum Gasteiger partial charge on any atom is 0.258 e. The highest BCUT2D eigenvalue weighted by Crippen LogP contribution is 2.16.